The number of benzene rings is 2. The molecule has 0 fully saturated rings. The summed E-state index contributed by atoms with van der Waals surface area (Å²) in [6.07, 6.45) is 0. The van der Waals surface area contributed by atoms with Crippen LogP contribution < -0.4 is 15.4 Å². The third kappa shape index (κ3) is 6.47. The maximum atomic E-state index is 11.9. The van der Waals surface area contributed by atoms with E-state index in [1.165, 1.54) is 5.56 Å². The van der Waals surface area contributed by atoms with Crippen LogP contribution in [0.1, 0.15) is 25.3 Å². The van der Waals surface area contributed by atoms with Crippen molar-refractivity contribution in [3.63, 3.8) is 0 Å². The Balaban J connectivity index is 1.71. The van der Waals surface area contributed by atoms with Crippen LogP contribution in [0.3, 0.4) is 0 Å². The molecule has 2 rings (SSSR count). The van der Waals surface area contributed by atoms with Crippen molar-refractivity contribution in [3.05, 3.63) is 59.1 Å². The molecule has 0 aliphatic heterocycles. The SMILES string of the molecule is CC(C)c1ccc(NC(=O)CNC(=O)COc2ccc(Cl)cc2)cc1. The molecule has 2 amide bonds. The Hall–Kier alpha value is -2.53. The molecule has 5 nitrogen and oxygen atoms in total. The lowest BCUT2D eigenvalue weighted by molar-refractivity contribution is -0.125. The van der Waals surface area contributed by atoms with Crippen LogP contribution in [-0.2, 0) is 9.59 Å². The third-order valence-corrected chi connectivity index (χ3v) is 3.74. The maximum Gasteiger partial charge on any atom is 0.258 e. The molecule has 0 bridgehead atoms. The predicted octanol–water partition coefficient (Wildman–Crippen LogP) is 3.60. The molecule has 0 atom stereocenters. The second-order valence-corrected chi connectivity index (χ2v) is 6.28. The van der Waals surface area contributed by atoms with Crippen LogP contribution in [0.2, 0.25) is 5.02 Å². The quantitative estimate of drug-likeness (QED) is 0.792. The van der Waals surface area contributed by atoms with Crippen LogP contribution in [0.5, 0.6) is 5.75 Å². The molecule has 0 saturated carbocycles. The smallest absolute Gasteiger partial charge is 0.258 e. The molecular formula is C19H21ClN2O3. The molecular weight excluding hydrogens is 340 g/mol. The number of ether oxygens (including phenoxy) is 1. The Morgan fingerprint density at radius 2 is 1.64 bits per heavy atom. The first kappa shape index (κ1) is 18.8. The summed E-state index contributed by atoms with van der Waals surface area (Å²) < 4.78 is 5.31. The van der Waals surface area contributed by atoms with Gasteiger partial charge in [-0.1, -0.05) is 37.6 Å². The van der Waals surface area contributed by atoms with Gasteiger partial charge in [0.05, 0.1) is 6.54 Å². The van der Waals surface area contributed by atoms with E-state index in [0.29, 0.717) is 22.4 Å². The first-order valence-electron chi connectivity index (χ1n) is 7.99. The van der Waals surface area contributed by atoms with Gasteiger partial charge in [0.25, 0.3) is 5.91 Å². The van der Waals surface area contributed by atoms with Crippen LogP contribution in [0.15, 0.2) is 48.5 Å². The Morgan fingerprint density at radius 1 is 1.00 bits per heavy atom. The van der Waals surface area contributed by atoms with Gasteiger partial charge in [0.2, 0.25) is 5.91 Å². The minimum absolute atomic E-state index is 0.116. The average Bonchev–Trinajstić information content (AvgIpc) is 2.60. The molecule has 0 unspecified atom stereocenters. The number of nitrogens with one attached hydrogen (secondary N) is 2. The first-order chi connectivity index (χ1) is 11.9. The summed E-state index contributed by atoms with van der Waals surface area (Å²) in [6, 6.07) is 14.3. The van der Waals surface area contributed by atoms with Crippen molar-refractivity contribution < 1.29 is 14.3 Å². The number of carbonyl (C=O) groups excluding carboxylic acids is 2. The van der Waals surface area contributed by atoms with Gasteiger partial charge in [0.15, 0.2) is 6.61 Å². The van der Waals surface area contributed by atoms with Crippen molar-refractivity contribution in [2.24, 2.45) is 0 Å². The van der Waals surface area contributed by atoms with Gasteiger partial charge in [-0.2, -0.15) is 0 Å². The second kappa shape index (κ2) is 9.08. The molecule has 2 aromatic carbocycles. The summed E-state index contributed by atoms with van der Waals surface area (Å²) in [5.74, 6) is 0.302. The van der Waals surface area contributed by atoms with Gasteiger partial charge >= 0.3 is 0 Å². The lowest BCUT2D eigenvalue weighted by Crippen LogP contribution is -2.35. The van der Waals surface area contributed by atoms with Crippen molar-refractivity contribution in [3.8, 4) is 5.75 Å². The van der Waals surface area contributed by atoms with Crippen LogP contribution in [-0.4, -0.2) is 25.0 Å². The maximum absolute atomic E-state index is 11.9. The standard InChI is InChI=1S/C19H21ClN2O3/c1-13(2)14-3-7-16(8-4-14)22-18(23)11-21-19(24)12-25-17-9-5-15(20)6-10-17/h3-10,13H,11-12H2,1-2H3,(H,21,24)(H,22,23). The summed E-state index contributed by atoms with van der Waals surface area (Å²) in [6.45, 7) is 3.93. The summed E-state index contributed by atoms with van der Waals surface area (Å²) >= 11 is 5.77. The molecule has 0 aromatic heterocycles. The zero-order chi connectivity index (χ0) is 18.2. The fraction of sp³-hybridized carbons (Fsp3) is 0.263. The molecule has 6 heteroatoms. The first-order valence-corrected chi connectivity index (χ1v) is 8.36. The zero-order valence-corrected chi connectivity index (χ0v) is 15.0. The normalized spacial score (nSPS) is 10.4. The fourth-order valence-electron chi connectivity index (χ4n) is 2.07. The largest absolute Gasteiger partial charge is 0.484 e. The minimum atomic E-state index is -0.375. The Morgan fingerprint density at radius 3 is 2.24 bits per heavy atom. The Bertz CT molecular complexity index is 712. The van der Waals surface area contributed by atoms with Crippen molar-refractivity contribution >= 4 is 29.1 Å². The van der Waals surface area contributed by atoms with E-state index in [9.17, 15) is 9.59 Å². The highest BCUT2D eigenvalue weighted by atomic mass is 35.5. The molecule has 0 aliphatic carbocycles. The van der Waals surface area contributed by atoms with E-state index in [0.717, 1.165) is 0 Å². The number of amides is 2. The van der Waals surface area contributed by atoms with E-state index in [1.807, 2.05) is 24.3 Å². The number of hydrogen-bond acceptors (Lipinski definition) is 3. The summed E-state index contributed by atoms with van der Waals surface area (Å²) in [5.41, 5.74) is 1.90. The number of halogens is 1. The molecule has 0 spiro atoms. The topological polar surface area (TPSA) is 67.4 Å². The van der Waals surface area contributed by atoms with Crippen LogP contribution >= 0.6 is 11.6 Å². The molecule has 0 aliphatic rings. The van der Waals surface area contributed by atoms with Gasteiger partial charge < -0.3 is 15.4 Å². The van der Waals surface area contributed by atoms with Gasteiger partial charge in [-0.25, -0.2) is 0 Å². The predicted molar refractivity (Wildman–Crippen MR) is 99.1 cm³/mol. The monoisotopic (exact) mass is 360 g/mol. The van der Waals surface area contributed by atoms with Gasteiger partial charge in [-0.15, -0.1) is 0 Å². The van der Waals surface area contributed by atoms with Gasteiger partial charge in [-0.3, -0.25) is 9.59 Å². The van der Waals surface area contributed by atoms with Crippen LogP contribution in [0.25, 0.3) is 0 Å². The summed E-state index contributed by atoms with van der Waals surface area (Å²) in [7, 11) is 0. The second-order valence-electron chi connectivity index (χ2n) is 5.84. The average molecular weight is 361 g/mol. The van der Waals surface area contributed by atoms with Crippen LogP contribution in [0, 0.1) is 0 Å². The molecule has 0 radical (unpaired) electrons. The number of rotatable bonds is 7. The third-order valence-electron chi connectivity index (χ3n) is 3.49. The fourth-order valence-corrected chi connectivity index (χ4v) is 2.19. The number of hydrogen-bond donors (Lipinski definition) is 2. The Labute approximate surface area is 152 Å². The molecule has 132 valence electrons. The van der Waals surface area contributed by atoms with Crippen molar-refractivity contribution in [1.82, 2.24) is 5.32 Å². The van der Waals surface area contributed by atoms with E-state index >= 15 is 0 Å². The van der Waals surface area contributed by atoms with Gasteiger partial charge in [0, 0.05) is 10.7 Å². The number of anilines is 1. The highest BCUT2D eigenvalue weighted by molar-refractivity contribution is 6.30. The molecule has 25 heavy (non-hydrogen) atoms. The lowest BCUT2D eigenvalue weighted by atomic mass is 10.0. The van der Waals surface area contributed by atoms with E-state index in [2.05, 4.69) is 24.5 Å². The minimum Gasteiger partial charge on any atom is -0.484 e. The van der Waals surface area contributed by atoms with E-state index in [1.54, 1.807) is 24.3 Å². The van der Waals surface area contributed by atoms with E-state index in [-0.39, 0.29) is 25.0 Å². The zero-order valence-electron chi connectivity index (χ0n) is 14.2. The molecule has 2 aromatic rings. The van der Waals surface area contributed by atoms with Crippen molar-refractivity contribution in [2.45, 2.75) is 19.8 Å². The van der Waals surface area contributed by atoms with E-state index < -0.39 is 0 Å². The summed E-state index contributed by atoms with van der Waals surface area (Å²) in [5, 5.41) is 5.84. The van der Waals surface area contributed by atoms with E-state index in [4.69, 9.17) is 16.3 Å². The highest BCUT2D eigenvalue weighted by Crippen LogP contribution is 2.17. The number of carbonyl (C=O) groups is 2. The van der Waals surface area contributed by atoms with Crippen LogP contribution in [0.4, 0.5) is 5.69 Å². The lowest BCUT2D eigenvalue weighted by Gasteiger charge is -2.10. The molecule has 0 heterocycles. The highest BCUT2D eigenvalue weighted by Gasteiger charge is 2.07. The summed E-state index contributed by atoms with van der Waals surface area (Å²) in [4.78, 5) is 23.6. The Kier molecular flexibility index (Phi) is 6.83. The van der Waals surface area contributed by atoms with Gasteiger partial charge in [-0.05, 0) is 47.9 Å². The molecule has 2 N–H and O–H groups in total. The van der Waals surface area contributed by atoms with Gasteiger partial charge in [0.1, 0.15) is 5.75 Å². The van der Waals surface area contributed by atoms with Crippen molar-refractivity contribution in [2.75, 3.05) is 18.5 Å². The molecule has 0 saturated heterocycles. The van der Waals surface area contributed by atoms with Crippen molar-refractivity contribution in [1.29, 1.82) is 0 Å².